The van der Waals surface area contributed by atoms with E-state index in [0.717, 1.165) is 24.4 Å². The second-order valence-electron chi connectivity index (χ2n) is 6.29. The molecule has 2 rings (SSSR count). The normalized spacial score (nSPS) is 25.4. The van der Waals surface area contributed by atoms with E-state index in [2.05, 4.69) is 0 Å². The van der Waals surface area contributed by atoms with Crippen molar-refractivity contribution in [3.8, 4) is 0 Å². The number of nitrogens with zero attached hydrogens (tertiary/aromatic N) is 1. The molecule has 1 saturated heterocycles. The summed E-state index contributed by atoms with van der Waals surface area (Å²) in [7, 11) is 0. The lowest BCUT2D eigenvalue weighted by Gasteiger charge is -2.40. The predicted octanol–water partition coefficient (Wildman–Crippen LogP) is 4.86. The quantitative estimate of drug-likeness (QED) is 0.512. The molecule has 1 fully saturated rings. The lowest BCUT2D eigenvalue weighted by atomic mass is 10.1. The number of benzene rings is 1. The van der Waals surface area contributed by atoms with Gasteiger partial charge in [0.05, 0.1) is 6.04 Å². The van der Waals surface area contributed by atoms with Gasteiger partial charge in [0.25, 0.3) is 5.91 Å². The van der Waals surface area contributed by atoms with Crippen molar-refractivity contribution in [2.24, 2.45) is 0 Å². The molecule has 1 aliphatic heterocycles. The van der Waals surface area contributed by atoms with Crippen molar-refractivity contribution in [2.45, 2.75) is 48.9 Å². The standard InChI is InChI=1S/C15H10F12N2O/c1-7(8-5-3-2-4-6-8)28-9(30)10(16,13(21,22)23)29-14(24,25)11(17,18)12(19,20)15(29,26)27/h2-7H,1H3,(H,28,30)/t7-,10+/m0/s1. The fraction of sp³-hybridized carbons (Fsp3) is 0.533. The maximum Gasteiger partial charge on any atom is 0.446 e. The number of amides is 1. The minimum atomic E-state index is -7.16. The van der Waals surface area contributed by atoms with E-state index in [4.69, 9.17) is 0 Å². The van der Waals surface area contributed by atoms with Gasteiger partial charge >= 0.3 is 35.9 Å². The number of rotatable bonds is 4. The first-order valence-electron chi connectivity index (χ1n) is 7.71. The summed E-state index contributed by atoms with van der Waals surface area (Å²) in [4.78, 5) is 8.46. The third kappa shape index (κ3) is 2.92. The summed E-state index contributed by atoms with van der Waals surface area (Å²) >= 11 is 0. The molecule has 3 nitrogen and oxygen atoms in total. The molecular weight excluding hydrogens is 452 g/mol. The molecular formula is C15H10F12N2O. The zero-order valence-electron chi connectivity index (χ0n) is 14.4. The Morgan fingerprint density at radius 1 is 0.867 bits per heavy atom. The first-order valence-corrected chi connectivity index (χ1v) is 7.71. The van der Waals surface area contributed by atoms with Gasteiger partial charge in [-0.2, -0.15) is 48.3 Å². The Morgan fingerprint density at radius 2 is 1.27 bits per heavy atom. The summed E-state index contributed by atoms with van der Waals surface area (Å²) in [5.74, 6) is -24.3. The fourth-order valence-electron chi connectivity index (χ4n) is 2.70. The second-order valence-corrected chi connectivity index (χ2v) is 6.29. The number of alkyl halides is 12. The molecule has 170 valence electrons. The van der Waals surface area contributed by atoms with E-state index in [1.807, 2.05) is 0 Å². The van der Waals surface area contributed by atoms with Crippen molar-refractivity contribution in [2.75, 3.05) is 0 Å². The van der Waals surface area contributed by atoms with Gasteiger partial charge in [0.15, 0.2) is 0 Å². The zero-order valence-corrected chi connectivity index (χ0v) is 14.4. The SMILES string of the molecule is C[C@H](NC(=O)[C@@](F)(N1C(F)(F)C(F)(F)C(F)(F)C1(F)F)C(F)(F)F)c1ccccc1. The number of likely N-dealkylation sites (tertiary alicyclic amines) is 1. The average Bonchev–Trinajstić information content (AvgIpc) is 2.66. The van der Waals surface area contributed by atoms with Crippen molar-refractivity contribution in [3.05, 3.63) is 35.9 Å². The van der Waals surface area contributed by atoms with Gasteiger partial charge in [-0.1, -0.05) is 30.3 Å². The molecule has 0 bridgehead atoms. The van der Waals surface area contributed by atoms with Crippen LogP contribution in [0, 0.1) is 0 Å². The van der Waals surface area contributed by atoms with Crippen LogP contribution < -0.4 is 5.32 Å². The molecule has 0 aromatic heterocycles. The minimum absolute atomic E-state index is 0.0778. The van der Waals surface area contributed by atoms with E-state index in [0.29, 0.717) is 0 Å². The van der Waals surface area contributed by atoms with Gasteiger partial charge in [0, 0.05) is 0 Å². The van der Waals surface area contributed by atoms with Crippen LogP contribution >= 0.6 is 0 Å². The molecule has 0 radical (unpaired) electrons. The van der Waals surface area contributed by atoms with Gasteiger partial charge in [-0.3, -0.25) is 4.79 Å². The lowest BCUT2D eigenvalue weighted by molar-refractivity contribution is -0.380. The third-order valence-corrected chi connectivity index (χ3v) is 4.34. The summed E-state index contributed by atoms with van der Waals surface area (Å²) in [5, 5.41) is 1.12. The summed E-state index contributed by atoms with van der Waals surface area (Å²) in [6.07, 6.45) is -7.06. The van der Waals surface area contributed by atoms with Crippen LogP contribution in [0.4, 0.5) is 52.7 Å². The summed E-state index contributed by atoms with van der Waals surface area (Å²) < 4.78 is 162. The van der Waals surface area contributed by atoms with Crippen molar-refractivity contribution in [3.63, 3.8) is 0 Å². The number of carbonyl (C=O) groups is 1. The van der Waals surface area contributed by atoms with Crippen molar-refractivity contribution in [1.29, 1.82) is 0 Å². The first-order chi connectivity index (χ1) is 13.3. The number of carbonyl (C=O) groups excluding carboxylic acids is 1. The molecule has 0 unspecified atom stereocenters. The average molecular weight is 462 g/mol. The fourth-order valence-corrected chi connectivity index (χ4v) is 2.70. The van der Waals surface area contributed by atoms with Gasteiger partial charge in [-0.05, 0) is 12.5 Å². The molecule has 1 N–H and O–H groups in total. The molecule has 30 heavy (non-hydrogen) atoms. The Bertz CT molecular complexity index is 784. The molecule has 1 amide bonds. The first kappa shape index (κ1) is 24.1. The van der Waals surface area contributed by atoms with Crippen molar-refractivity contribution in [1.82, 2.24) is 10.2 Å². The van der Waals surface area contributed by atoms with Crippen LogP contribution in [0.2, 0.25) is 0 Å². The second kappa shape index (κ2) is 6.65. The molecule has 1 aromatic rings. The number of halogens is 12. The molecule has 0 aliphatic carbocycles. The molecule has 2 atom stereocenters. The maximum atomic E-state index is 14.7. The smallest absolute Gasteiger partial charge is 0.345 e. The summed E-state index contributed by atoms with van der Waals surface area (Å²) in [6.45, 7) is 0.869. The highest BCUT2D eigenvalue weighted by Crippen LogP contribution is 2.66. The highest BCUT2D eigenvalue weighted by molar-refractivity contribution is 5.86. The van der Waals surface area contributed by atoms with E-state index in [1.54, 1.807) is 0 Å². The Labute approximate surface area is 159 Å². The topological polar surface area (TPSA) is 32.3 Å². The van der Waals surface area contributed by atoms with Crippen LogP contribution in [0.25, 0.3) is 0 Å². The molecule has 0 saturated carbocycles. The van der Waals surface area contributed by atoms with Crippen molar-refractivity contribution >= 4 is 5.91 Å². The van der Waals surface area contributed by atoms with Crippen LogP contribution in [0.5, 0.6) is 0 Å². The van der Waals surface area contributed by atoms with E-state index < -0.39 is 52.8 Å². The zero-order chi connectivity index (χ0) is 23.6. The molecule has 1 aromatic carbocycles. The van der Waals surface area contributed by atoms with Crippen LogP contribution in [0.3, 0.4) is 0 Å². The Morgan fingerprint density at radius 3 is 1.63 bits per heavy atom. The number of hydrogen-bond acceptors (Lipinski definition) is 2. The lowest BCUT2D eigenvalue weighted by Crippen LogP contribution is -2.72. The van der Waals surface area contributed by atoms with Crippen LogP contribution in [-0.4, -0.2) is 46.7 Å². The van der Waals surface area contributed by atoms with E-state index in [1.165, 1.54) is 18.2 Å². The van der Waals surface area contributed by atoms with E-state index in [9.17, 15) is 57.5 Å². The third-order valence-electron chi connectivity index (χ3n) is 4.34. The van der Waals surface area contributed by atoms with E-state index in [-0.39, 0.29) is 5.56 Å². The predicted molar refractivity (Wildman–Crippen MR) is 74.5 cm³/mol. The number of hydrogen-bond donors (Lipinski definition) is 1. The van der Waals surface area contributed by atoms with Gasteiger partial charge in [-0.15, -0.1) is 4.90 Å². The Kier molecular flexibility index (Phi) is 5.34. The molecule has 1 aliphatic rings. The number of nitrogens with one attached hydrogen (secondary N) is 1. The highest BCUT2D eigenvalue weighted by atomic mass is 19.4. The van der Waals surface area contributed by atoms with Gasteiger partial charge in [0.1, 0.15) is 0 Å². The molecule has 1 heterocycles. The summed E-state index contributed by atoms with van der Waals surface area (Å²) in [5.41, 5.74) is -0.0778. The van der Waals surface area contributed by atoms with Crippen molar-refractivity contribution < 1.29 is 57.5 Å². The highest BCUT2D eigenvalue weighted by Gasteiger charge is 2.98. The van der Waals surface area contributed by atoms with Crippen LogP contribution in [0.1, 0.15) is 18.5 Å². The monoisotopic (exact) mass is 462 g/mol. The molecule has 0 spiro atoms. The van der Waals surface area contributed by atoms with Crippen LogP contribution in [-0.2, 0) is 4.79 Å². The van der Waals surface area contributed by atoms with Gasteiger partial charge in [0.2, 0.25) is 0 Å². The maximum absolute atomic E-state index is 14.7. The summed E-state index contributed by atoms with van der Waals surface area (Å²) in [6, 6.07) is -9.66. The van der Waals surface area contributed by atoms with Gasteiger partial charge in [-0.25, -0.2) is 4.39 Å². The molecule has 15 heteroatoms. The Balaban J connectivity index is 2.63. The Hall–Kier alpha value is -2.19. The minimum Gasteiger partial charge on any atom is -0.345 e. The van der Waals surface area contributed by atoms with Crippen LogP contribution in [0.15, 0.2) is 30.3 Å². The van der Waals surface area contributed by atoms with E-state index >= 15 is 0 Å². The van der Waals surface area contributed by atoms with Gasteiger partial charge < -0.3 is 5.32 Å². The largest absolute Gasteiger partial charge is 0.446 e.